The third kappa shape index (κ3) is 3.65. The van der Waals surface area contributed by atoms with Crippen LogP contribution in [0.5, 0.6) is 5.75 Å². The zero-order valence-corrected chi connectivity index (χ0v) is 11.2. The summed E-state index contributed by atoms with van der Waals surface area (Å²) in [5.74, 6) is 2.29. The summed E-state index contributed by atoms with van der Waals surface area (Å²) in [4.78, 5) is 11.8. The minimum atomic E-state index is -0.0155. The molecule has 18 heavy (non-hydrogen) atoms. The molecule has 5 heteroatoms. The van der Waals surface area contributed by atoms with Gasteiger partial charge in [0.25, 0.3) is 0 Å². The van der Waals surface area contributed by atoms with Gasteiger partial charge in [-0.2, -0.15) is 11.8 Å². The van der Waals surface area contributed by atoms with Gasteiger partial charge >= 0.3 is 0 Å². The number of carbonyl (C=O) groups is 1. The fourth-order valence-electron chi connectivity index (χ4n) is 1.87. The van der Waals surface area contributed by atoms with Crippen LogP contribution in [0.2, 0.25) is 0 Å². The minimum Gasteiger partial charge on any atom is -0.508 e. The van der Waals surface area contributed by atoms with Crippen LogP contribution < -0.4 is 10.6 Å². The van der Waals surface area contributed by atoms with E-state index in [1.54, 1.807) is 18.2 Å². The number of hydrogen-bond donors (Lipinski definition) is 3. The van der Waals surface area contributed by atoms with Crippen molar-refractivity contribution in [1.82, 2.24) is 5.32 Å². The van der Waals surface area contributed by atoms with Crippen LogP contribution in [0.3, 0.4) is 0 Å². The summed E-state index contributed by atoms with van der Waals surface area (Å²) in [5.41, 5.74) is 1.45. The lowest BCUT2D eigenvalue weighted by Crippen LogP contribution is -2.39. The number of rotatable bonds is 3. The van der Waals surface area contributed by atoms with Gasteiger partial charge < -0.3 is 15.7 Å². The van der Waals surface area contributed by atoms with Crippen LogP contribution in [-0.2, 0) is 4.79 Å². The summed E-state index contributed by atoms with van der Waals surface area (Å²) in [6, 6.07) is 5.43. The molecule has 0 aliphatic carbocycles. The van der Waals surface area contributed by atoms with Crippen molar-refractivity contribution in [2.24, 2.45) is 0 Å². The number of phenolic OH excluding ortho intramolecular Hbond substituents is 1. The summed E-state index contributed by atoms with van der Waals surface area (Å²) in [7, 11) is 0. The Labute approximate surface area is 111 Å². The Bertz CT molecular complexity index is 431. The van der Waals surface area contributed by atoms with E-state index in [-0.39, 0.29) is 17.7 Å². The van der Waals surface area contributed by atoms with Gasteiger partial charge in [0.15, 0.2) is 0 Å². The van der Waals surface area contributed by atoms with Gasteiger partial charge in [-0.15, -0.1) is 0 Å². The number of anilines is 1. The van der Waals surface area contributed by atoms with E-state index in [0.29, 0.717) is 12.1 Å². The fourth-order valence-corrected chi connectivity index (χ4v) is 2.82. The maximum Gasteiger partial charge on any atom is 0.225 e. The van der Waals surface area contributed by atoms with Crippen molar-refractivity contribution < 1.29 is 9.90 Å². The van der Waals surface area contributed by atoms with Crippen LogP contribution >= 0.6 is 11.8 Å². The van der Waals surface area contributed by atoms with Crippen molar-refractivity contribution in [2.45, 2.75) is 19.4 Å². The van der Waals surface area contributed by atoms with Gasteiger partial charge in [-0.05, 0) is 18.6 Å². The van der Waals surface area contributed by atoms with E-state index in [4.69, 9.17) is 0 Å². The van der Waals surface area contributed by atoms with Crippen molar-refractivity contribution in [2.75, 3.05) is 23.4 Å². The van der Waals surface area contributed by atoms with E-state index in [9.17, 15) is 9.90 Å². The molecule has 1 heterocycles. The minimum absolute atomic E-state index is 0.0155. The Hall–Kier alpha value is -1.20. The highest BCUT2D eigenvalue weighted by molar-refractivity contribution is 7.99. The monoisotopic (exact) mass is 266 g/mol. The predicted octanol–water partition coefficient (Wildman–Crippen LogP) is 1.73. The van der Waals surface area contributed by atoms with E-state index >= 15 is 0 Å². The summed E-state index contributed by atoms with van der Waals surface area (Å²) in [6.45, 7) is 2.79. The number of hydrogen-bond acceptors (Lipinski definition) is 4. The van der Waals surface area contributed by atoms with E-state index in [1.807, 2.05) is 18.7 Å². The Morgan fingerprint density at radius 3 is 3.11 bits per heavy atom. The lowest BCUT2D eigenvalue weighted by molar-refractivity contribution is -0.116. The molecule has 1 aromatic rings. The highest BCUT2D eigenvalue weighted by atomic mass is 32.2. The van der Waals surface area contributed by atoms with E-state index in [2.05, 4.69) is 10.6 Å². The zero-order valence-electron chi connectivity index (χ0n) is 10.4. The molecule has 3 N–H and O–H groups in total. The van der Waals surface area contributed by atoms with Crippen molar-refractivity contribution in [3.8, 4) is 5.75 Å². The first-order valence-electron chi connectivity index (χ1n) is 6.06. The molecule has 2 rings (SSSR count). The smallest absolute Gasteiger partial charge is 0.225 e. The maximum atomic E-state index is 11.8. The molecule has 1 atom stereocenters. The third-order valence-electron chi connectivity index (χ3n) is 2.92. The van der Waals surface area contributed by atoms with Crippen LogP contribution in [0.1, 0.15) is 12.0 Å². The average molecular weight is 266 g/mol. The Balaban J connectivity index is 1.88. The van der Waals surface area contributed by atoms with Gasteiger partial charge in [0.05, 0.1) is 0 Å². The van der Waals surface area contributed by atoms with E-state index in [0.717, 1.165) is 23.6 Å². The third-order valence-corrected chi connectivity index (χ3v) is 4.05. The summed E-state index contributed by atoms with van der Waals surface area (Å²) >= 11 is 1.87. The van der Waals surface area contributed by atoms with Gasteiger partial charge in [0, 0.05) is 42.3 Å². The topological polar surface area (TPSA) is 61.4 Å². The van der Waals surface area contributed by atoms with Crippen LogP contribution in [0.25, 0.3) is 0 Å². The predicted molar refractivity (Wildman–Crippen MR) is 75.2 cm³/mol. The first kappa shape index (κ1) is 13.2. The zero-order chi connectivity index (χ0) is 13.0. The number of thioether (sulfide) groups is 1. The van der Waals surface area contributed by atoms with Crippen LogP contribution in [0.4, 0.5) is 5.69 Å². The molecule has 0 spiro atoms. The molecule has 1 unspecified atom stereocenters. The van der Waals surface area contributed by atoms with Crippen LogP contribution in [0.15, 0.2) is 18.2 Å². The normalized spacial score (nSPS) is 19.5. The van der Waals surface area contributed by atoms with Crippen molar-refractivity contribution in [3.63, 3.8) is 0 Å². The first-order valence-corrected chi connectivity index (χ1v) is 7.21. The second kappa shape index (κ2) is 6.11. The average Bonchev–Trinajstić information content (AvgIpc) is 2.35. The highest BCUT2D eigenvalue weighted by Crippen LogP contribution is 2.21. The largest absolute Gasteiger partial charge is 0.508 e. The standard InChI is InChI=1S/C13H18N2O2S/c1-9-2-3-10(6-12(9)16)15-13(17)7-11-8-18-5-4-14-11/h2-3,6,11,14,16H,4-5,7-8H2,1H3,(H,15,17). The summed E-state index contributed by atoms with van der Waals surface area (Å²) in [5, 5.41) is 15.7. The van der Waals surface area contributed by atoms with Crippen molar-refractivity contribution in [1.29, 1.82) is 0 Å². The van der Waals surface area contributed by atoms with Crippen molar-refractivity contribution >= 4 is 23.4 Å². The summed E-state index contributed by atoms with van der Waals surface area (Å²) < 4.78 is 0. The first-order chi connectivity index (χ1) is 8.65. The molecule has 1 aliphatic heterocycles. The molecule has 0 bridgehead atoms. The van der Waals surface area contributed by atoms with Crippen molar-refractivity contribution in [3.05, 3.63) is 23.8 Å². The van der Waals surface area contributed by atoms with Gasteiger partial charge in [0.2, 0.25) is 5.91 Å². The van der Waals surface area contributed by atoms with Gasteiger partial charge in [0.1, 0.15) is 5.75 Å². The molecule has 4 nitrogen and oxygen atoms in total. The highest BCUT2D eigenvalue weighted by Gasteiger charge is 2.16. The quantitative estimate of drug-likeness (QED) is 0.780. The molecule has 1 aromatic carbocycles. The molecule has 1 fully saturated rings. The lowest BCUT2D eigenvalue weighted by atomic mass is 10.2. The molecule has 0 saturated carbocycles. The van der Waals surface area contributed by atoms with Gasteiger partial charge in [-0.1, -0.05) is 6.07 Å². The van der Waals surface area contributed by atoms with E-state index < -0.39 is 0 Å². The molecule has 0 radical (unpaired) electrons. The SMILES string of the molecule is Cc1ccc(NC(=O)CC2CSCCN2)cc1O. The number of carbonyl (C=O) groups excluding carboxylic acids is 1. The number of amides is 1. The molecular formula is C13H18N2O2S. The summed E-state index contributed by atoms with van der Waals surface area (Å²) in [6.07, 6.45) is 0.474. The van der Waals surface area contributed by atoms with Crippen LogP contribution in [0, 0.1) is 6.92 Å². The Morgan fingerprint density at radius 1 is 1.61 bits per heavy atom. The van der Waals surface area contributed by atoms with E-state index in [1.165, 1.54) is 0 Å². The molecule has 0 aromatic heterocycles. The molecule has 1 aliphatic rings. The molecule has 1 amide bonds. The molecular weight excluding hydrogens is 248 g/mol. The number of aryl methyl sites for hydroxylation is 1. The van der Waals surface area contributed by atoms with Crippen LogP contribution in [-0.4, -0.2) is 35.1 Å². The maximum absolute atomic E-state index is 11.8. The second-order valence-electron chi connectivity index (χ2n) is 4.48. The number of aromatic hydroxyl groups is 1. The Morgan fingerprint density at radius 2 is 2.44 bits per heavy atom. The number of nitrogens with one attached hydrogen (secondary N) is 2. The number of benzene rings is 1. The lowest BCUT2D eigenvalue weighted by Gasteiger charge is -2.22. The van der Waals surface area contributed by atoms with Gasteiger partial charge in [-0.3, -0.25) is 4.79 Å². The molecule has 1 saturated heterocycles. The second-order valence-corrected chi connectivity index (χ2v) is 5.63. The Kier molecular flexibility index (Phi) is 4.49. The fraction of sp³-hybridized carbons (Fsp3) is 0.462. The number of phenols is 1. The molecule has 98 valence electrons. The van der Waals surface area contributed by atoms with Gasteiger partial charge in [-0.25, -0.2) is 0 Å².